The number of fused-ring (bicyclic) bond motifs is 1. The van der Waals surface area contributed by atoms with Crippen molar-refractivity contribution < 1.29 is 4.79 Å². The van der Waals surface area contributed by atoms with Crippen molar-refractivity contribution in [1.82, 2.24) is 10.6 Å². The van der Waals surface area contributed by atoms with Gasteiger partial charge >= 0.3 is 0 Å². The maximum absolute atomic E-state index is 11.4. The van der Waals surface area contributed by atoms with E-state index < -0.39 is 0 Å². The molecule has 1 saturated heterocycles. The van der Waals surface area contributed by atoms with E-state index in [4.69, 9.17) is 0 Å². The molecule has 1 amide bonds. The predicted octanol–water partition coefficient (Wildman–Crippen LogP) is 0.708. The summed E-state index contributed by atoms with van der Waals surface area (Å²) in [5, 5.41) is 6.39. The zero-order valence-electron chi connectivity index (χ0n) is 8.61. The fourth-order valence-corrected chi connectivity index (χ4v) is 2.36. The van der Waals surface area contributed by atoms with E-state index in [0.29, 0.717) is 23.8 Å². The Labute approximate surface area is 96.1 Å². The number of piperidine rings is 1. The third kappa shape index (κ3) is 2.34. The first-order valence-electron chi connectivity index (χ1n) is 5.54. The van der Waals surface area contributed by atoms with Crippen LogP contribution in [-0.4, -0.2) is 25.0 Å². The van der Waals surface area contributed by atoms with E-state index in [2.05, 4.69) is 10.6 Å². The first-order valence-corrected chi connectivity index (χ1v) is 5.54. The maximum atomic E-state index is 11.4. The Morgan fingerprint density at radius 1 is 1.27 bits per heavy atom. The van der Waals surface area contributed by atoms with Gasteiger partial charge in [-0.2, -0.15) is 0 Å². The topological polar surface area (TPSA) is 41.1 Å². The first-order chi connectivity index (χ1) is 6.84. The van der Waals surface area contributed by atoms with Gasteiger partial charge in [-0.05, 0) is 36.7 Å². The van der Waals surface area contributed by atoms with Crippen molar-refractivity contribution in [3.05, 3.63) is 12.2 Å². The highest BCUT2D eigenvalue weighted by atomic mass is 35.5. The van der Waals surface area contributed by atoms with Crippen LogP contribution in [0.5, 0.6) is 0 Å². The van der Waals surface area contributed by atoms with Crippen molar-refractivity contribution in [1.29, 1.82) is 0 Å². The molecule has 2 atom stereocenters. The van der Waals surface area contributed by atoms with Crippen LogP contribution in [0.25, 0.3) is 0 Å². The summed E-state index contributed by atoms with van der Waals surface area (Å²) in [7, 11) is 0. The fraction of sp³-hybridized carbons (Fsp3) is 0.727. The zero-order valence-corrected chi connectivity index (χ0v) is 9.43. The second-order valence-electron chi connectivity index (χ2n) is 4.72. The van der Waals surface area contributed by atoms with Gasteiger partial charge in [-0.1, -0.05) is 6.08 Å². The number of nitrogens with one attached hydrogen (secondary N) is 2. The summed E-state index contributed by atoms with van der Waals surface area (Å²) in [5.74, 6) is 2.24. The molecule has 0 aromatic rings. The van der Waals surface area contributed by atoms with Gasteiger partial charge in [0.1, 0.15) is 0 Å². The molecule has 3 rings (SSSR count). The fourth-order valence-electron chi connectivity index (χ4n) is 2.36. The molecule has 3 aliphatic rings. The van der Waals surface area contributed by atoms with Crippen molar-refractivity contribution in [3.8, 4) is 0 Å². The van der Waals surface area contributed by atoms with Gasteiger partial charge in [-0.25, -0.2) is 0 Å². The average molecular weight is 229 g/mol. The maximum Gasteiger partial charge on any atom is 0.243 e. The number of carbonyl (C=O) groups excluding carboxylic acids is 1. The van der Waals surface area contributed by atoms with E-state index in [1.807, 2.05) is 6.08 Å². The molecular weight excluding hydrogens is 212 g/mol. The second-order valence-corrected chi connectivity index (χ2v) is 4.72. The molecule has 2 saturated carbocycles. The van der Waals surface area contributed by atoms with Crippen molar-refractivity contribution in [3.63, 3.8) is 0 Å². The lowest BCUT2D eigenvalue weighted by Gasteiger charge is -2.04. The van der Waals surface area contributed by atoms with Crippen LogP contribution in [0.4, 0.5) is 0 Å². The normalized spacial score (nSPS) is 37.2. The van der Waals surface area contributed by atoms with E-state index in [-0.39, 0.29) is 18.3 Å². The van der Waals surface area contributed by atoms with Crippen LogP contribution in [-0.2, 0) is 4.79 Å². The van der Waals surface area contributed by atoms with E-state index >= 15 is 0 Å². The van der Waals surface area contributed by atoms with Crippen LogP contribution < -0.4 is 10.6 Å². The van der Waals surface area contributed by atoms with E-state index in [1.54, 1.807) is 6.08 Å². The van der Waals surface area contributed by atoms with Crippen molar-refractivity contribution in [2.24, 2.45) is 17.8 Å². The molecule has 1 heterocycles. The first kappa shape index (κ1) is 11.0. The summed E-state index contributed by atoms with van der Waals surface area (Å²) in [5.41, 5.74) is 0. The number of halogens is 1. The molecule has 3 nitrogen and oxygen atoms in total. The van der Waals surface area contributed by atoms with Gasteiger partial charge in [0.2, 0.25) is 5.91 Å². The number of allylic oxidation sites excluding steroid dienone is 1. The number of carbonyl (C=O) groups is 1. The highest BCUT2D eigenvalue weighted by Gasteiger charge is 2.53. The quantitative estimate of drug-likeness (QED) is 0.699. The Hall–Kier alpha value is -0.540. The van der Waals surface area contributed by atoms with Crippen LogP contribution in [0.15, 0.2) is 12.2 Å². The third-order valence-electron chi connectivity index (χ3n) is 3.54. The average Bonchev–Trinajstić information content (AvgIpc) is 3.05. The molecule has 2 unspecified atom stereocenters. The lowest BCUT2D eigenvalue weighted by atomic mass is 10.3. The van der Waals surface area contributed by atoms with Gasteiger partial charge in [0.25, 0.3) is 0 Å². The third-order valence-corrected chi connectivity index (χ3v) is 3.54. The smallest absolute Gasteiger partial charge is 0.243 e. The Kier molecular flexibility index (Phi) is 3.03. The van der Waals surface area contributed by atoms with Gasteiger partial charge in [-0.3, -0.25) is 4.79 Å². The molecule has 3 fully saturated rings. The standard InChI is InChI=1S/C11H16N2O.ClH/c14-10(4-3-7-1-2-7)13-11-8-5-12-6-9(8)11;/h3-4,7-9,11-12H,1-2,5-6H2,(H,13,14);1H/b4-3+;. The van der Waals surface area contributed by atoms with Crippen molar-refractivity contribution in [2.45, 2.75) is 18.9 Å². The van der Waals surface area contributed by atoms with Crippen LogP contribution in [0, 0.1) is 17.8 Å². The molecule has 1 aliphatic heterocycles. The van der Waals surface area contributed by atoms with E-state index in [9.17, 15) is 4.79 Å². The van der Waals surface area contributed by atoms with Gasteiger partial charge < -0.3 is 10.6 Å². The zero-order chi connectivity index (χ0) is 9.54. The lowest BCUT2D eigenvalue weighted by molar-refractivity contribution is -0.116. The molecule has 4 heteroatoms. The van der Waals surface area contributed by atoms with Crippen LogP contribution >= 0.6 is 12.4 Å². The summed E-state index contributed by atoms with van der Waals surface area (Å²) in [4.78, 5) is 11.4. The minimum Gasteiger partial charge on any atom is -0.349 e. The highest BCUT2D eigenvalue weighted by molar-refractivity contribution is 5.88. The molecule has 0 bridgehead atoms. The number of amides is 1. The number of rotatable bonds is 3. The molecule has 0 aromatic heterocycles. The largest absolute Gasteiger partial charge is 0.349 e. The highest BCUT2D eigenvalue weighted by Crippen LogP contribution is 2.41. The summed E-state index contributed by atoms with van der Waals surface area (Å²) < 4.78 is 0. The molecule has 2 N–H and O–H groups in total. The molecule has 15 heavy (non-hydrogen) atoms. The van der Waals surface area contributed by atoms with Crippen LogP contribution in [0.3, 0.4) is 0 Å². The SMILES string of the molecule is Cl.O=C(/C=C/C1CC1)NC1C2CNCC21. The minimum absolute atomic E-state index is 0. The van der Waals surface area contributed by atoms with E-state index in [0.717, 1.165) is 13.1 Å². The van der Waals surface area contributed by atoms with Crippen molar-refractivity contribution >= 4 is 18.3 Å². The van der Waals surface area contributed by atoms with Crippen molar-refractivity contribution in [2.75, 3.05) is 13.1 Å². The van der Waals surface area contributed by atoms with Gasteiger partial charge in [0.15, 0.2) is 0 Å². The molecule has 0 spiro atoms. The lowest BCUT2D eigenvalue weighted by Crippen LogP contribution is -2.31. The summed E-state index contributed by atoms with van der Waals surface area (Å²) in [6, 6.07) is 0.465. The minimum atomic E-state index is 0. The van der Waals surface area contributed by atoms with Crippen LogP contribution in [0.2, 0.25) is 0 Å². The summed E-state index contributed by atoms with van der Waals surface area (Å²) >= 11 is 0. The Balaban J connectivity index is 0.000000853. The molecule has 0 radical (unpaired) electrons. The summed E-state index contributed by atoms with van der Waals surface area (Å²) in [6.07, 6.45) is 6.30. The Morgan fingerprint density at radius 3 is 2.53 bits per heavy atom. The monoisotopic (exact) mass is 228 g/mol. The molecule has 0 aromatic carbocycles. The molecular formula is C11H17ClN2O. The Bertz CT molecular complexity index is 278. The number of hydrogen-bond acceptors (Lipinski definition) is 2. The van der Waals surface area contributed by atoms with E-state index in [1.165, 1.54) is 12.8 Å². The predicted molar refractivity (Wildman–Crippen MR) is 60.9 cm³/mol. The van der Waals surface area contributed by atoms with Crippen LogP contribution in [0.1, 0.15) is 12.8 Å². The van der Waals surface area contributed by atoms with Gasteiger partial charge in [0.05, 0.1) is 0 Å². The van der Waals surface area contributed by atoms with Gasteiger partial charge in [0, 0.05) is 19.1 Å². The number of hydrogen-bond donors (Lipinski definition) is 2. The Morgan fingerprint density at radius 2 is 1.93 bits per heavy atom. The summed E-state index contributed by atoms with van der Waals surface area (Å²) in [6.45, 7) is 2.17. The molecule has 84 valence electrons. The second kappa shape index (κ2) is 4.14. The van der Waals surface area contributed by atoms with Gasteiger partial charge in [-0.15, -0.1) is 12.4 Å². The molecule has 2 aliphatic carbocycles.